The van der Waals surface area contributed by atoms with Crippen molar-refractivity contribution in [1.82, 2.24) is 14.5 Å². The van der Waals surface area contributed by atoms with Crippen LogP contribution in [0.5, 0.6) is 0 Å². The average molecular weight is 397 g/mol. The molecule has 2 heterocycles. The Bertz CT molecular complexity index is 1120. The zero-order chi connectivity index (χ0) is 18.8. The van der Waals surface area contributed by atoms with Gasteiger partial charge in [-0.05, 0) is 42.5 Å². The van der Waals surface area contributed by atoms with Gasteiger partial charge in [0.25, 0.3) is 0 Å². The molecular weight excluding hydrogens is 376 g/mol. The molecule has 0 saturated heterocycles. The number of para-hydroxylation sites is 2. The molecule has 0 atom stereocenters. The van der Waals surface area contributed by atoms with Gasteiger partial charge in [0.05, 0.1) is 27.0 Å². The maximum Gasteiger partial charge on any atom is 0.246 e. The number of carbonyl (C=O) groups is 1. The Morgan fingerprint density at radius 3 is 2.85 bits per heavy atom. The number of benzene rings is 2. The second-order valence-corrected chi connectivity index (χ2v) is 8.16. The van der Waals surface area contributed by atoms with Crippen molar-refractivity contribution in [3.63, 3.8) is 0 Å². The van der Waals surface area contributed by atoms with Gasteiger partial charge in [0.15, 0.2) is 5.13 Å². The van der Waals surface area contributed by atoms with Gasteiger partial charge in [-0.1, -0.05) is 36.5 Å². The quantitative estimate of drug-likeness (QED) is 0.513. The van der Waals surface area contributed by atoms with Gasteiger partial charge in [0.2, 0.25) is 5.91 Å². The monoisotopic (exact) mass is 396 g/mol. The summed E-state index contributed by atoms with van der Waals surface area (Å²) in [5, 5.41) is 3.59. The highest BCUT2D eigenvalue weighted by molar-refractivity contribution is 7.97. The van der Waals surface area contributed by atoms with Crippen molar-refractivity contribution in [2.75, 3.05) is 11.6 Å². The van der Waals surface area contributed by atoms with Gasteiger partial charge in [-0.25, -0.2) is 9.97 Å². The van der Waals surface area contributed by atoms with Crippen molar-refractivity contribution >= 4 is 55.4 Å². The van der Waals surface area contributed by atoms with Gasteiger partial charge in [-0.3, -0.25) is 4.79 Å². The number of nitrogens with one attached hydrogen (secondary N) is 1. The number of fused-ring (bicyclic) bond motifs is 2. The Labute approximate surface area is 165 Å². The highest BCUT2D eigenvalue weighted by Gasteiger charge is 2.14. The van der Waals surface area contributed by atoms with Crippen LogP contribution < -0.4 is 5.32 Å². The van der Waals surface area contributed by atoms with E-state index in [1.165, 1.54) is 16.9 Å². The Morgan fingerprint density at radius 1 is 1.19 bits per heavy atom. The van der Waals surface area contributed by atoms with Crippen LogP contribution in [0.15, 0.2) is 42.5 Å². The van der Waals surface area contributed by atoms with Crippen LogP contribution in [0.1, 0.15) is 18.3 Å². The van der Waals surface area contributed by atoms with E-state index in [-0.39, 0.29) is 12.5 Å². The molecule has 27 heavy (non-hydrogen) atoms. The lowest BCUT2D eigenvalue weighted by Crippen LogP contribution is -2.19. The largest absolute Gasteiger partial charge is 0.318 e. The number of hydrogen-bond acceptors (Lipinski definition) is 5. The van der Waals surface area contributed by atoms with E-state index in [0.29, 0.717) is 5.13 Å². The van der Waals surface area contributed by atoms with E-state index >= 15 is 0 Å². The first-order valence-electron chi connectivity index (χ1n) is 8.80. The first-order chi connectivity index (χ1) is 13.2. The third-order valence-electron chi connectivity index (χ3n) is 4.42. The molecule has 0 unspecified atom stereocenters. The van der Waals surface area contributed by atoms with Crippen LogP contribution in [-0.4, -0.2) is 26.7 Å². The second-order valence-electron chi connectivity index (χ2n) is 6.26. The highest BCUT2D eigenvalue weighted by Crippen LogP contribution is 2.27. The van der Waals surface area contributed by atoms with Gasteiger partial charge in [0, 0.05) is 0 Å². The summed E-state index contributed by atoms with van der Waals surface area (Å²) in [6.07, 6.45) is 3.02. The van der Waals surface area contributed by atoms with Gasteiger partial charge < -0.3 is 9.88 Å². The lowest BCUT2D eigenvalue weighted by molar-refractivity contribution is -0.116. The molecule has 0 bridgehead atoms. The molecule has 1 amide bonds. The molecule has 0 radical (unpaired) electrons. The van der Waals surface area contributed by atoms with Gasteiger partial charge in [0.1, 0.15) is 12.4 Å². The van der Waals surface area contributed by atoms with Gasteiger partial charge in [-0.15, -0.1) is 0 Å². The van der Waals surface area contributed by atoms with Crippen molar-refractivity contribution < 1.29 is 4.79 Å². The van der Waals surface area contributed by atoms with Crippen LogP contribution in [-0.2, 0) is 23.5 Å². The minimum Gasteiger partial charge on any atom is -0.318 e. The zero-order valence-electron chi connectivity index (χ0n) is 15.2. The summed E-state index contributed by atoms with van der Waals surface area (Å²) in [5.41, 5.74) is 4.09. The molecule has 2 aromatic heterocycles. The lowest BCUT2D eigenvalue weighted by Gasteiger charge is -2.08. The van der Waals surface area contributed by atoms with Crippen LogP contribution in [0.4, 0.5) is 5.13 Å². The van der Waals surface area contributed by atoms with Crippen molar-refractivity contribution in [2.24, 2.45) is 0 Å². The molecule has 0 fully saturated rings. The number of imidazole rings is 1. The lowest BCUT2D eigenvalue weighted by atomic mass is 10.2. The smallest absolute Gasteiger partial charge is 0.246 e. The fraction of sp³-hybridized carbons (Fsp3) is 0.250. The predicted molar refractivity (Wildman–Crippen MR) is 115 cm³/mol. The van der Waals surface area contributed by atoms with Crippen molar-refractivity contribution in [3.8, 4) is 0 Å². The molecule has 0 aliphatic heterocycles. The molecule has 2 aromatic carbocycles. The van der Waals surface area contributed by atoms with E-state index in [0.717, 1.165) is 39.2 Å². The summed E-state index contributed by atoms with van der Waals surface area (Å²) >= 11 is 3.21. The molecule has 4 aromatic rings. The topological polar surface area (TPSA) is 59.8 Å². The maximum absolute atomic E-state index is 12.7. The first kappa shape index (κ1) is 18.0. The molecule has 0 aliphatic carbocycles. The fourth-order valence-corrected chi connectivity index (χ4v) is 4.51. The van der Waals surface area contributed by atoms with Crippen LogP contribution in [0.3, 0.4) is 0 Å². The molecular formula is C20H20N4OS2. The van der Waals surface area contributed by atoms with Crippen molar-refractivity contribution in [2.45, 2.75) is 25.6 Å². The van der Waals surface area contributed by atoms with Crippen molar-refractivity contribution in [3.05, 3.63) is 53.9 Å². The van der Waals surface area contributed by atoms with E-state index < -0.39 is 0 Å². The molecule has 0 spiro atoms. The molecule has 0 saturated carbocycles. The predicted octanol–water partition coefficient (Wildman–Crippen LogP) is 4.71. The van der Waals surface area contributed by atoms with E-state index in [2.05, 4.69) is 34.3 Å². The van der Waals surface area contributed by atoms with E-state index in [9.17, 15) is 4.79 Å². The third kappa shape index (κ3) is 3.70. The Hall–Kier alpha value is -2.38. The summed E-state index contributed by atoms with van der Waals surface area (Å²) in [6.45, 7) is 2.36. The Kier molecular flexibility index (Phi) is 5.13. The number of aryl methyl sites for hydroxylation is 1. The number of anilines is 1. The fourth-order valence-electron chi connectivity index (χ4n) is 3.09. The van der Waals surface area contributed by atoms with Crippen LogP contribution in [0.25, 0.3) is 21.3 Å². The Morgan fingerprint density at radius 2 is 2.04 bits per heavy atom. The SMILES string of the molecule is CCc1ccc2nc(NC(=O)Cn3c(CSC)nc4ccccc43)sc2c1. The standard InChI is InChI=1S/C20H20N4OS2/c1-3-13-8-9-15-17(10-13)27-20(22-15)23-19(25)11-24-16-7-5-4-6-14(16)21-18(24)12-26-2/h4-10H,3,11-12H2,1-2H3,(H,22,23,25). The summed E-state index contributed by atoms with van der Waals surface area (Å²) in [6, 6.07) is 14.2. The average Bonchev–Trinajstić information content (AvgIpc) is 3.22. The number of thiazole rings is 1. The Balaban J connectivity index is 1.57. The van der Waals surface area contributed by atoms with E-state index in [1.807, 2.05) is 41.2 Å². The van der Waals surface area contributed by atoms with E-state index in [1.54, 1.807) is 11.8 Å². The number of hydrogen-bond donors (Lipinski definition) is 1. The minimum atomic E-state index is -0.0877. The molecule has 5 nitrogen and oxygen atoms in total. The van der Waals surface area contributed by atoms with E-state index in [4.69, 9.17) is 0 Å². The number of carbonyl (C=O) groups excluding carboxylic acids is 1. The molecule has 4 rings (SSSR count). The number of aromatic nitrogens is 3. The van der Waals surface area contributed by atoms with Crippen LogP contribution >= 0.6 is 23.1 Å². The van der Waals surface area contributed by atoms with Crippen LogP contribution in [0, 0.1) is 0 Å². The molecule has 1 N–H and O–H groups in total. The van der Waals surface area contributed by atoms with Gasteiger partial charge in [-0.2, -0.15) is 11.8 Å². The second kappa shape index (κ2) is 7.70. The normalized spacial score (nSPS) is 11.3. The molecule has 0 aliphatic rings. The van der Waals surface area contributed by atoms with Gasteiger partial charge >= 0.3 is 0 Å². The summed E-state index contributed by atoms with van der Waals surface area (Å²) in [7, 11) is 0. The summed E-state index contributed by atoms with van der Waals surface area (Å²) < 4.78 is 3.09. The number of amides is 1. The van der Waals surface area contributed by atoms with Crippen molar-refractivity contribution in [1.29, 1.82) is 0 Å². The number of thioether (sulfide) groups is 1. The highest BCUT2D eigenvalue weighted by atomic mass is 32.2. The summed E-state index contributed by atoms with van der Waals surface area (Å²) in [5.74, 6) is 1.59. The number of nitrogens with zero attached hydrogens (tertiary/aromatic N) is 3. The minimum absolute atomic E-state index is 0.0877. The zero-order valence-corrected chi connectivity index (χ0v) is 16.9. The van der Waals surface area contributed by atoms with Crippen LogP contribution in [0.2, 0.25) is 0 Å². The summed E-state index contributed by atoms with van der Waals surface area (Å²) in [4.78, 5) is 21.9. The third-order valence-corrected chi connectivity index (χ3v) is 5.90. The number of rotatable bonds is 6. The molecule has 138 valence electrons. The molecule has 7 heteroatoms. The first-order valence-corrected chi connectivity index (χ1v) is 11.0. The maximum atomic E-state index is 12.7.